The number of pyridine rings is 1. The van der Waals surface area contributed by atoms with Crippen LogP contribution >= 0.6 is 0 Å². The second-order valence-corrected chi connectivity index (χ2v) is 5.47. The van der Waals surface area contributed by atoms with Crippen LogP contribution in [0.25, 0.3) is 21.5 Å². The van der Waals surface area contributed by atoms with Crippen LogP contribution in [-0.2, 0) is 6.54 Å². The van der Waals surface area contributed by atoms with Crippen molar-refractivity contribution in [1.29, 1.82) is 0 Å². The molecule has 0 saturated heterocycles. The summed E-state index contributed by atoms with van der Waals surface area (Å²) in [5.41, 5.74) is 2.37. The molecule has 2 heteroatoms. The van der Waals surface area contributed by atoms with E-state index in [0.717, 1.165) is 12.2 Å². The molecule has 1 aromatic heterocycles. The molecule has 22 heavy (non-hydrogen) atoms. The van der Waals surface area contributed by atoms with Crippen LogP contribution in [0.1, 0.15) is 5.56 Å². The van der Waals surface area contributed by atoms with E-state index in [-0.39, 0.29) is 0 Å². The first kappa shape index (κ1) is 12.8. The van der Waals surface area contributed by atoms with Crippen LogP contribution in [0.2, 0.25) is 0 Å². The van der Waals surface area contributed by atoms with Crippen LogP contribution in [0.4, 0.5) is 5.69 Å². The number of nitrogens with one attached hydrogen (secondary N) is 1. The Morgan fingerprint density at radius 3 is 2.14 bits per heavy atom. The molecule has 0 radical (unpaired) electrons. The van der Waals surface area contributed by atoms with Crippen LogP contribution in [0.15, 0.2) is 79.1 Å². The number of anilines is 1. The highest BCUT2D eigenvalue weighted by Crippen LogP contribution is 2.25. The third-order valence-corrected chi connectivity index (χ3v) is 3.95. The molecule has 2 nitrogen and oxygen atoms in total. The van der Waals surface area contributed by atoms with Crippen molar-refractivity contribution in [2.75, 3.05) is 5.32 Å². The zero-order chi connectivity index (χ0) is 14.8. The Labute approximate surface area is 129 Å². The summed E-state index contributed by atoms with van der Waals surface area (Å²) in [5, 5.41) is 8.57. The molecular formula is C20H16N2. The molecule has 0 aliphatic carbocycles. The monoisotopic (exact) mass is 284 g/mol. The van der Waals surface area contributed by atoms with Crippen LogP contribution in [0, 0.1) is 0 Å². The standard InChI is InChI=1S/C20H16N2/c1-2-4-17-12-19-13-20(6-5-18(19)11-16(17)3-1)22-14-15-7-9-21-10-8-15/h1-13,22H,14H2. The van der Waals surface area contributed by atoms with Gasteiger partial charge in [0.1, 0.15) is 0 Å². The van der Waals surface area contributed by atoms with Crippen LogP contribution < -0.4 is 5.32 Å². The Kier molecular flexibility index (Phi) is 3.20. The van der Waals surface area contributed by atoms with Gasteiger partial charge in [-0.2, -0.15) is 0 Å². The summed E-state index contributed by atoms with van der Waals surface area (Å²) < 4.78 is 0. The van der Waals surface area contributed by atoms with E-state index < -0.39 is 0 Å². The average molecular weight is 284 g/mol. The summed E-state index contributed by atoms with van der Waals surface area (Å²) in [6, 6.07) is 23.6. The van der Waals surface area contributed by atoms with Gasteiger partial charge in [0.25, 0.3) is 0 Å². The van der Waals surface area contributed by atoms with Crippen molar-refractivity contribution in [3.05, 3.63) is 84.7 Å². The molecule has 0 atom stereocenters. The maximum Gasteiger partial charge on any atom is 0.0401 e. The summed E-state index contributed by atoms with van der Waals surface area (Å²) in [6.45, 7) is 0.807. The van der Waals surface area contributed by atoms with E-state index in [1.165, 1.54) is 27.1 Å². The molecule has 0 saturated carbocycles. The lowest BCUT2D eigenvalue weighted by Crippen LogP contribution is -1.99. The molecule has 4 rings (SSSR count). The SMILES string of the molecule is c1ccc2cc3cc(NCc4ccncc4)ccc3cc2c1. The van der Waals surface area contributed by atoms with Crippen LogP contribution in [-0.4, -0.2) is 4.98 Å². The maximum atomic E-state index is 4.04. The quantitative estimate of drug-likeness (QED) is 0.535. The van der Waals surface area contributed by atoms with Crippen molar-refractivity contribution in [1.82, 2.24) is 4.98 Å². The first-order valence-electron chi connectivity index (χ1n) is 7.44. The number of fused-ring (bicyclic) bond motifs is 2. The van der Waals surface area contributed by atoms with Gasteiger partial charge in [-0.1, -0.05) is 30.3 Å². The number of nitrogens with zero attached hydrogens (tertiary/aromatic N) is 1. The summed E-state index contributed by atoms with van der Waals surface area (Å²) in [7, 11) is 0. The highest BCUT2D eigenvalue weighted by atomic mass is 14.9. The predicted octanol–water partition coefficient (Wildman–Crippen LogP) is 5.00. The first-order valence-corrected chi connectivity index (χ1v) is 7.44. The highest BCUT2D eigenvalue weighted by molar-refractivity contribution is 5.99. The minimum absolute atomic E-state index is 0.807. The minimum Gasteiger partial charge on any atom is -0.381 e. The van der Waals surface area contributed by atoms with Crippen LogP contribution in [0.5, 0.6) is 0 Å². The van der Waals surface area contributed by atoms with Crippen molar-refractivity contribution < 1.29 is 0 Å². The molecule has 0 aliphatic rings. The smallest absolute Gasteiger partial charge is 0.0401 e. The lowest BCUT2D eigenvalue weighted by atomic mass is 10.0. The van der Waals surface area contributed by atoms with E-state index >= 15 is 0 Å². The maximum absolute atomic E-state index is 4.04. The second-order valence-electron chi connectivity index (χ2n) is 5.47. The molecule has 4 aromatic rings. The van der Waals surface area contributed by atoms with E-state index in [2.05, 4.69) is 64.9 Å². The van der Waals surface area contributed by atoms with Crippen molar-refractivity contribution in [2.24, 2.45) is 0 Å². The highest BCUT2D eigenvalue weighted by Gasteiger charge is 2.00. The van der Waals surface area contributed by atoms with E-state index in [0.29, 0.717) is 0 Å². The molecule has 106 valence electrons. The molecule has 0 aliphatic heterocycles. The van der Waals surface area contributed by atoms with Gasteiger partial charge in [-0.05, 0) is 63.5 Å². The Bertz CT molecular complexity index is 930. The Morgan fingerprint density at radius 2 is 1.36 bits per heavy atom. The molecule has 0 unspecified atom stereocenters. The zero-order valence-electron chi connectivity index (χ0n) is 12.2. The van der Waals surface area contributed by atoms with E-state index in [9.17, 15) is 0 Å². The fourth-order valence-corrected chi connectivity index (χ4v) is 2.75. The molecule has 1 N–H and O–H groups in total. The number of hydrogen-bond donors (Lipinski definition) is 1. The van der Waals surface area contributed by atoms with Gasteiger partial charge in [-0.25, -0.2) is 0 Å². The van der Waals surface area contributed by atoms with Gasteiger partial charge >= 0.3 is 0 Å². The summed E-state index contributed by atoms with van der Waals surface area (Å²) in [5.74, 6) is 0. The van der Waals surface area contributed by atoms with E-state index in [4.69, 9.17) is 0 Å². The molecule has 0 fully saturated rings. The number of hydrogen-bond acceptors (Lipinski definition) is 2. The van der Waals surface area contributed by atoms with Crippen molar-refractivity contribution in [3.63, 3.8) is 0 Å². The predicted molar refractivity (Wildman–Crippen MR) is 93.0 cm³/mol. The normalized spacial score (nSPS) is 10.9. The van der Waals surface area contributed by atoms with E-state index in [1.54, 1.807) is 0 Å². The summed E-state index contributed by atoms with van der Waals surface area (Å²) in [4.78, 5) is 4.04. The molecular weight excluding hydrogens is 268 g/mol. The van der Waals surface area contributed by atoms with Crippen molar-refractivity contribution in [3.8, 4) is 0 Å². The molecule has 3 aromatic carbocycles. The van der Waals surface area contributed by atoms with Gasteiger partial charge in [0.15, 0.2) is 0 Å². The summed E-state index contributed by atoms with van der Waals surface area (Å²) >= 11 is 0. The molecule has 0 spiro atoms. The molecule has 1 heterocycles. The minimum atomic E-state index is 0.807. The fourth-order valence-electron chi connectivity index (χ4n) is 2.75. The number of rotatable bonds is 3. The number of aromatic nitrogens is 1. The number of benzene rings is 3. The second kappa shape index (κ2) is 5.49. The van der Waals surface area contributed by atoms with Crippen LogP contribution in [0.3, 0.4) is 0 Å². The zero-order valence-corrected chi connectivity index (χ0v) is 12.2. The molecule has 0 amide bonds. The third-order valence-electron chi connectivity index (χ3n) is 3.95. The molecule has 0 bridgehead atoms. The lowest BCUT2D eigenvalue weighted by molar-refractivity contribution is 1.13. The lowest BCUT2D eigenvalue weighted by Gasteiger charge is -2.08. The first-order chi connectivity index (χ1) is 10.9. The topological polar surface area (TPSA) is 24.9 Å². The van der Waals surface area contributed by atoms with Gasteiger partial charge in [-0.3, -0.25) is 4.98 Å². The van der Waals surface area contributed by atoms with Gasteiger partial charge < -0.3 is 5.32 Å². The van der Waals surface area contributed by atoms with Gasteiger partial charge in [-0.15, -0.1) is 0 Å². The average Bonchev–Trinajstić information content (AvgIpc) is 2.59. The Balaban J connectivity index is 1.66. The van der Waals surface area contributed by atoms with Gasteiger partial charge in [0, 0.05) is 24.6 Å². The Hall–Kier alpha value is -2.87. The fraction of sp³-hybridized carbons (Fsp3) is 0.0500. The van der Waals surface area contributed by atoms with Crippen molar-refractivity contribution in [2.45, 2.75) is 6.54 Å². The largest absolute Gasteiger partial charge is 0.381 e. The Morgan fingerprint density at radius 1 is 0.682 bits per heavy atom. The summed E-state index contributed by atoms with van der Waals surface area (Å²) in [6.07, 6.45) is 3.65. The van der Waals surface area contributed by atoms with Crippen molar-refractivity contribution >= 4 is 27.2 Å². The third kappa shape index (κ3) is 2.51. The van der Waals surface area contributed by atoms with E-state index in [1.807, 2.05) is 24.5 Å². The van der Waals surface area contributed by atoms with Gasteiger partial charge in [0.05, 0.1) is 0 Å². The van der Waals surface area contributed by atoms with Gasteiger partial charge in [0.2, 0.25) is 0 Å².